The Morgan fingerprint density at radius 1 is 1.50 bits per heavy atom. The molecule has 0 spiro atoms. The molecule has 0 aromatic heterocycles. The molecule has 70 valence electrons. The molecule has 0 atom stereocenters. The van der Waals surface area contributed by atoms with Crippen LogP contribution in [0.2, 0.25) is 0 Å². The predicted octanol–water partition coefficient (Wildman–Crippen LogP) is 1.56. The third kappa shape index (κ3) is 2.80. The van der Waals surface area contributed by atoms with E-state index in [-0.39, 0.29) is 6.42 Å². The first kappa shape index (κ1) is 10.1. The van der Waals surface area contributed by atoms with Crippen LogP contribution in [-0.4, -0.2) is 5.91 Å². The van der Waals surface area contributed by atoms with Crippen molar-refractivity contribution in [3.8, 4) is 11.8 Å². The van der Waals surface area contributed by atoms with Crippen LogP contribution in [0.3, 0.4) is 0 Å². The predicted molar refractivity (Wildman–Crippen MR) is 57.2 cm³/mol. The fourth-order valence-corrected chi connectivity index (χ4v) is 1.02. The van der Waals surface area contributed by atoms with Gasteiger partial charge in [0.15, 0.2) is 0 Å². The number of carbonyl (C=O) groups excluding carboxylic acids is 1. The normalized spacial score (nSPS) is 8.57. The van der Waals surface area contributed by atoms with Crippen molar-refractivity contribution in [1.29, 1.82) is 0 Å². The van der Waals surface area contributed by atoms with Crippen molar-refractivity contribution in [2.24, 2.45) is 5.73 Å². The fourth-order valence-electron chi connectivity index (χ4n) is 1.02. The minimum Gasteiger partial charge on any atom is -0.369 e. The minimum absolute atomic E-state index is 0.0888. The highest BCUT2D eigenvalue weighted by Crippen LogP contribution is 2.07. The van der Waals surface area contributed by atoms with Gasteiger partial charge in [-0.25, -0.2) is 0 Å². The van der Waals surface area contributed by atoms with Crippen molar-refractivity contribution in [2.45, 2.75) is 6.42 Å². The fraction of sp³-hybridized carbons (Fsp3) is 0.0833. The van der Waals surface area contributed by atoms with Gasteiger partial charge in [-0.3, -0.25) is 4.79 Å². The molecule has 0 saturated heterocycles. The van der Waals surface area contributed by atoms with Gasteiger partial charge in [0, 0.05) is 5.56 Å². The van der Waals surface area contributed by atoms with Gasteiger partial charge < -0.3 is 5.73 Å². The Hall–Kier alpha value is -2.01. The molecule has 1 aromatic rings. The lowest BCUT2D eigenvalue weighted by Gasteiger charge is -1.95. The maximum atomic E-state index is 10.4. The Kier molecular flexibility index (Phi) is 3.51. The highest BCUT2D eigenvalue weighted by atomic mass is 16.1. The summed E-state index contributed by atoms with van der Waals surface area (Å²) >= 11 is 0. The molecule has 2 N–H and O–H groups in total. The molecule has 14 heavy (non-hydrogen) atoms. The van der Waals surface area contributed by atoms with Gasteiger partial charge in [-0.15, -0.1) is 0 Å². The van der Waals surface area contributed by atoms with E-state index in [1.165, 1.54) is 0 Å². The lowest BCUT2D eigenvalue weighted by molar-refractivity contribution is -0.117. The molecule has 0 radical (unpaired) electrons. The van der Waals surface area contributed by atoms with Gasteiger partial charge in [-0.05, 0) is 11.6 Å². The zero-order valence-electron chi connectivity index (χ0n) is 7.79. The molecule has 0 heterocycles. The molecule has 1 rings (SSSR count). The molecule has 2 nitrogen and oxygen atoms in total. The lowest BCUT2D eigenvalue weighted by atomic mass is 10.1. The molecule has 0 fully saturated rings. The summed E-state index contributed by atoms with van der Waals surface area (Å²) in [4.78, 5) is 10.4. The monoisotopic (exact) mass is 185 g/mol. The van der Waals surface area contributed by atoms with Crippen molar-refractivity contribution in [3.63, 3.8) is 0 Å². The van der Waals surface area contributed by atoms with Gasteiger partial charge in [0.25, 0.3) is 0 Å². The van der Waals surface area contributed by atoms with Crippen LogP contribution in [0.15, 0.2) is 30.8 Å². The zero-order chi connectivity index (χ0) is 10.4. The van der Waals surface area contributed by atoms with E-state index in [0.29, 0.717) is 0 Å². The van der Waals surface area contributed by atoms with Crippen molar-refractivity contribution >= 4 is 12.0 Å². The second kappa shape index (κ2) is 4.88. The van der Waals surface area contributed by atoms with Crippen molar-refractivity contribution in [1.82, 2.24) is 0 Å². The number of hydrogen-bond acceptors (Lipinski definition) is 1. The second-order valence-corrected chi connectivity index (χ2v) is 2.74. The summed E-state index contributed by atoms with van der Waals surface area (Å²) in [6.45, 7) is 3.68. The third-order valence-corrected chi connectivity index (χ3v) is 1.67. The Balaban J connectivity index is 2.88. The van der Waals surface area contributed by atoms with Crippen LogP contribution in [0.4, 0.5) is 0 Å². The zero-order valence-corrected chi connectivity index (χ0v) is 7.79. The summed E-state index contributed by atoms with van der Waals surface area (Å²) in [6.07, 6.45) is 1.82. The largest absolute Gasteiger partial charge is 0.369 e. The topological polar surface area (TPSA) is 43.1 Å². The van der Waals surface area contributed by atoms with Crippen molar-refractivity contribution < 1.29 is 4.79 Å². The van der Waals surface area contributed by atoms with E-state index in [1.807, 2.05) is 24.3 Å². The van der Waals surface area contributed by atoms with Gasteiger partial charge >= 0.3 is 0 Å². The summed E-state index contributed by atoms with van der Waals surface area (Å²) in [5.74, 6) is 5.17. The summed E-state index contributed by atoms with van der Waals surface area (Å²) in [5, 5.41) is 0. The number of rotatable bonds is 2. The molecule has 0 bridgehead atoms. The van der Waals surface area contributed by atoms with E-state index in [2.05, 4.69) is 18.4 Å². The molecule has 1 aromatic carbocycles. The summed E-state index contributed by atoms with van der Waals surface area (Å²) in [7, 11) is 0. The van der Waals surface area contributed by atoms with Crippen LogP contribution >= 0.6 is 0 Å². The summed E-state index contributed by atoms with van der Waals surface area (Å²) in [6, 6.07) is 7.60. The van der Waals surface area contributed by atoms with E-state index >= 15 is 0 Å². The molecular weight excluding hydrogens is 174 g/mol. The molecule has 0 aliphatic rings. The quantitative estimate of drug-likeness (QED) is 0.698. The maximum absolute atomic E-state index is 10.4. The minimum atomic E-state index is -0.409. The van der Waals surface area contributed by atoms with E-state index in [4.69, 9.17) is 5.73 Å². The van der Waals surface area contributed by atoms with Crippen LogP contribution in [0.25, 0.3) is 6.08 Å². The SMILES string of the molecule is C=Cc1ccccc1C#CCC(N)=O. The first-order chi connectivity index (χ1) is 6.74. The summed E-state index contributed by atoms with van der Waals surface area (Å²) < 4.78 is 0. The Labute approximate surface area is 83.4 Å². The van der Waals surface area contributed by atoms with Crippen molar-refractivity contribution in [2.75, 3.05) is 0 Å². The van der Waals surface area contributed by atoms with Gasteiger partial charge in [0.2, 0.25) is 5.91 Å². The first-order valence-corrected chi connectivity index (χ1v) is 4.22. The molecule has 0 aliphatic carbocycles. The van der Waals surface area contributed by atoms with Crippen molar-refractivity contribution in [3.05, 3.63) is 42.0 Å². The van der Waals surface area contributed by atoms with Crippen LogP contribution < -0.4 is 5.73 Å². The van der Waals surface area contributed by atoms with Gasteiger partial charge in [0.05, 0.1) is 6.42 Å². The van der Waals surface area contributed by atoms with Crippen LogP contribution in [0.1, 0.15) is 17.5 Å². The van der Waals surface area contributed by atoms with Crippen LogP contribution in [0.5, 0.6) is 0 Å². The molecule has 1 amide bonds. The average Bonchev–Trinajstić information content (AvgIpc) is 2.18. The lowest BCUT2D eigenvalue weighted by Crippen LogP contribution is -2.08. The van der Waals surface area contributed by atoms with Gasteiger partial charge in [-0.1, -0.05) is 42.7 Å². The second-order valence-electron chi connectivity index (χ2n) is 2.74. The highest BCUT2D eigenvalue weighted by molar-refractivity contribution is 5.76. The molecule has 2 heteroatoms. The number of carbonyl (C=O) groups is 1. The number of hydrogen-bond donors (Lipinski definition) is 1. The van der Waals surface area contributed by atoms with Gasteiger partial charge in [0.1, 0.15) is 0 Å². The van der Waals surface area contributed by atoms with Crippen LogP contribution in [-0.2, 0) is 4.79 Å². The molecular formula is C12H11NO. The number of nitrogens with two attached hydrogens (primary N) is 1. The van der Waals surface area contributed by atoms with Gasteiger partial charge in [-0.2, -0.15) is 0 Å². The van der Waals surface area contributed by atoms with E-state index < -0.39 is 5.91 Å². The highest BCUT2D eigenvalue weighted by Gasteiger charge is 1.92. The van der Waals surface area contributed by atoms with E-state index in [1.54, 1.807) is 6.08 Å². The Bertz CT molecular complexity index is 410. The van der Waals surface area contributed by atoms with Crippen LogP contribution in [0, 0.1) is 11.8 Å². The number of benzene rings is 1. The molecule has 0 aliphatic heterocycles. The first-order valence-electron chi connectivity index (χ1n) is 4.22. The molecule has 0 saturated carbocycles. The number of primary amides is 1. The standard InChI is InChI=1S/C12H11NO/c1-2-10-6-3-4-7-11(10)8-5-9-12(13)14/h2-4,6-7H,1,9H2,(H2,13,14). The molecule has 0 unspecified atom stereocenters. The van der Waals surface area contributed by atoms with E-state index in [9.17, 15) is 4.79 Å². The smallest absolute Gasteiger partial charge is 0.229 e. The maximum Gasteiger partial charge on any atom is 0.229 e. The summed E-state index contributed by atoms with van der Waals surface area (Å²) in [5.41, 5.74) is 6.79. The number of amides is 1. The third-order valence-electron chi connectivity index (χ3n) is 1.67. The van der Waals surface area contributed by atoms with E-state index in [0.717, 1.165) is 11.1 Å². The Morgan fingerprint density at radius 2 is 2.21 bits per heavy atom. The Morgan fingerprint density at radius 3 is 2.86 bits per heavy atom. The average molecular weight is 185 g/mol.